The van der Waals surface area contributed by atoms with E-state index in [1.807, 2.05) is 0 Å². The van der Waals surface area contributed by atoms with Crippen LogP contribution in [0.15, 0.2) is 23.4 Å². The van der Waals surface area contributed by atoms with Crippen molar-refractivity contribution in [3.63, 3.8) is 0 Å². The highest BCUT2D eigenvalue weighted by Gasteiger charge is 2.18. The fraction of sp³-hybridized carbons (Fsp3) is 0.250. The van der Waals surface area contributed by atoms with Gasteiger partial charge >= 0.3 is 6.61 Å². The molecule has 0 fully saturated rings. The van der Waals surface area contributed by atoms with Gasteiger partial charge in [0.2, 0.25) is 17.0 Å². The molecule has 0 bridgehead atoms. The van der Waals surface area contributed by atoms with Crippen LogP contribution in [0.4, 0.5) is 20.4 Å². The number of alkyl halides is 2. The third kappa shape index (κ3) is 4.96. The lowest BCUT2D eigenvalue weighted by molar-refractivity contribution is -0.115. The van der Waals surface area contributed by atoms with Crippen molar-refractivity contribution in [2.24, 2.45) is 0 Å². The van der Waals surface area contributed by atoms with Crippen LogP contribution in [0.2, 0.25) is 5.02 Å². The lowest BCUT2D eigenvalue weighted by atomic mass is 10.3. The van der Waals surface area contributed by atoms with Gasteiger partial charge in [-0.3, -0.25) is 4.79 Å². The number of benzene rings is 1. The van der Waals surface area contributed by atoms with Crippen LogP contribution in [-0.4, -0.2) is 32.9 Å². The van der Waals surface area contributed by atoms with Crippen molar-refractivity contribution < 1.29 is 18.3 Å². The Hall–Kier alpha value is -2.07. The monoisotopic (exact) mass is 363 g/mol. The minimum absolute atomic E-state index is 0.0369. The zero-order valence-electron chi connectivity index (χ0n) is 11.7. The van der Waals surface area contributed by atoms with E-state index in [9.17, 15) is 13.6 Å². The quantitative estimate of drug-likeness (QED) is 0.681. The number of aromatic nitrogens is 3. The van der Waals surface area contributed by atoms with Gasteiger partial charge in [-0.25, -0.2) is 5.10 Å². The van der Waals surface area contributed by atoms with E-state index in [-0.39, 0.29) is 22.6 Å². The largest absolute Gasteiger partial charge is 0.433 e. The first kappa shape index (κ1) is 17.3. The van der Waals surface area contributed by atoms with Gasteiger partial charge in [0.1, 0.15) is 5.75 Å². The van der Waals surface area contributed by atoms with E-state index in [2.05, 4.69) is 25.2 Å². The Bertz CT molecular complexity index is 700. The van der Waals surface area contributed by atoms with Crippen molar-refractivity contribution in [2.45, 2.75) is 23.9 Å². The Morgan fingerprint density at radius 2 is 2.26 bits per heavy atom. The van der Waals surface area contributed by atoms with Gasteiger partial charge in [-0.15, -0.1) is 5.10 Å². The second kappa shape index (κ2) is 7.47. The van der Waals surface area contributed by atoms with Crippen molar-refractivity contribution in [1.29, 1.82) is 0 Å². The highest BCUT2D eigenvalue weighted by molar-refractivity contribution is 8.00. The molecule has 0 saturated heterocycles. The van der Waals surface area contributed by atoms with E-state index in [0.29, 0.717) is 10.8 Å². The maximum absolute atomic E-state index is 12.1. The smallest absolute Gasteiger partial charge is 0.387 e. The maximum Gasteiger partial charge on any atom is 0.387 e. The number of carbonyl (C=O) groups is 1. The number of halogens is 3. The summed E-state index contributed by atoms with van der Waals surface area (Å²) in [5, 5.41) is 8.67. The summed E-state index contributed by atoms with van der Waals surface area (Å²) in [5.74, 6) is -0.350. The second-order valence-corrected chi connectivity index (χ2v) is 5.99. The molecule has 1 aromatic carbocycles. The molecule has 0 radical (unpaired) electrons. The van der Waals surface area contributed by atoms with Crippen LogP contribution in [0.25, 0.3) is 0 Å². The Morgan fingerprint density at radius 1 is 1.52 bits per heavy atom. The Kier molecular flexibility index (Phi) is 5.61. The second-order valence-electron chi connectivity index (χ2n) is 4.28. The topological polar surface area (TPSA) is 106 Å². The summed E-state index contributed by atoms with van der Waals surface area (Å²) in [6.45, 7) is -1.32. The minimum atomic E-state index is -2.97. The molecule has 4 N–H and O–H groups in total. The van der Waals surface area contributed by atoms with Crippen LogP contribution < -0.4 is 15.8 Å². The standard InChI is InChI=1S/C12H12ClF2N5O2S/c1-5(23-12-18-11(16)19-20-12)9(21)17-6-2-3-8(7(13)4-6)22-10(14)15/h2-5,10H,1H3,(H,17,21)(H3,16,18,19,20). The number of carbonyl (C=O) groups excluding carboxylic acids is 1. The number of ether oxygens (including phenoxy) is 1. The van der Waals surface area contributed by atoms with E-state index in [0.717, 1.165) is 11.8 Å². The van der Waals surface area contributed by atoms with E-state index >= 15 is 0 Å². The molecule has 0 aliphatic heterocycles. The highest BCUT2D eigenvalue weighted by atomic mass is 35.5. The number of nitrogen functional groups attached to an aromatic ring is 1. The number of hydrogen-bond donors (Lipinski definition) is 3. The highest BCUT2D eigenvalue weighted by Crippen LogP contribution is 2.29. The predicted molar refractivity (Wildman–Crippen MR) is 82.8 cm³/mol. The van der Waals surface area contributed by atoms with Gasteiger partial charge in [0.15, 0.2) is 0 Å². The SMILES string of the molecule is CC(Sc1n[nH]c(N)n1)C(=O)Nc1ccc(OC(F)F)c(Cl)c1. The summed E-state index contributed by atoms with van der Waals surface area (Å²) in [6, 6.07) is 3.97. The number of aromatic amines is 1. The summed E-state index contributed by atoms with van der Waals surface area (Å²) in [7, 11) is 0. The summed E-state index contributed by atoms with van der Waals surface area (Å²) >= 11 is 6.92. The molecule has 1 amide bonds. The normalized spacial score (nSPS) is 12.2. The van der Waals surface area contributed by atoms with Crippen LogP contribution in [0.1, 0.15) is 6.92 Å². The van der Waals surface area contributed by atoms with Crippen LogP contribution >= 0.6 is 23.4 Å². The van der Waals surface area contributed by atoms with Crippen LogP contribution in [0, 0.1) is 0 Å². The summed E-state index contributed by atoms with van der Waals surface area (Å²) < 4.78 is 28.5. The summed E-state index contributed by atoms with van der Waals surface area (Å²) in [5.41, 5.74) is 5.75. The first-order valence-corrected chi connectivity index (χ1v) is 7.50. The average molecular weight is 364 g/mol. The number of nitrogens with zero attached hydrogens (tertiary/aromatic N) is 2. The van der Waals surface area contributed by atoms with E-state index in [4.69, 9.17) is 17.3 Å². The maximum atomic E-state index is 12.1. The molecular weight excluding hydrogens is 352 g/mol. The van der Waals surface area contributed by atoms with E-state index < -0.39 is 11.9 Å². The lowest BCUT2D eigenvalue weighted by Crippen LogP contribution is -2.22. The van der Waals surface area contributed by atoms with Gasteiger partial charge in [-0.1, -0.05) is 23.4 Å². The van der Waals surface area contributed by atoms with Gasteiger partial charge in [-0.2, -0.15) is 13.8 Å². The molecule has 2 rings (SSSR count). The molecule has 0 aliphatic carbocycles. The zero-order chi connectivity index (χ0) is 17.0. The van der Waals surface area contributed by atoms with Gasteiger partial charge in [-0.05, 0) is 25.1 Å². The van der Waals surface area contributed by atoms with E-state index in [1.54, 1.807) is 6.92 Å². The molecule has 1 atom stereocenters. The van der Waals surface area contributed by atoms with E-state index in [1.165, 1.54) is 18.2 Å². The molecule has 1 aromatic heterocycles. The van der Waals surface area contributed by atoms with Crippen molar-refractivity contribution in [1.82, 2.24) is 15.2 Å². The third-order valence-corrected chi connectivity index (χ3v) is 3.81. The molecule has 1 unspecified atom stereocenters. The number of thioether (sulfide) groups is 1. The Labute approximate surface area is 138 Å². The molecule has 2 aromatic rings. The molecule has 7 nitrogen and oxygen atoms in total. The fourth-order valence-electron chi connectivity index (χ4n) is 1.54. The first-order valence-electron chi connectivity index (χ1n) is 6.25. The molecule has 0 aliphatic rings. The van der Waals surface area contributed by atoms with Crippen LogP contribution in [0.5, 0.6) is 5.75 Å². The number of anilines is 2. The molecule has 1 heterocycles. The summed E-state index contributed by atoms with van der Waals surface area (Å²) in [4.78, 5) is 16.0. The van der Waals surface area contributed by atoms with Crippen molar-refractivity contribution >= 4 is 40.9 Å². The zero-order valence-corrected chi connectivity index (χ0v) is 13.3. The third-order valence-electron chi connectivity index (χ3n) is 2.55. The fourth-order valence-corrected chi connectivity index (χ4v) is 2.49. The number of amides is 1. The lowest BCUT2D eigenvalue weighted by Gasteiger charge is -2.12. The van der Waals surface area contributed by atoms with Gasteiger partial charge in [0.05, 0.1) is 10.3 Å². The van der Waals surface area contributed by atoms with Crippen molar-refractivity contribution in [3.8, 4) is 5.75 Å². The van der Waals surface area contributed by atoms with Crippen molar-refractivity contribution in [3.05, 3.63) is 23.2 Å². The number of hydrogen-bond acceptors (Lipinski definition) is 6. The molecule has 11 heteroatoms. The average Bonchev–Trinajstić information content (AvgIpc) is 2.86. The Morgan fingerprint density at radius 3 is 2.83 bits per heavy atom. The number of H-pyrrole nitrogens is 1. The van der Waals surface area contributed by atoms with Gasteiger partial charge < -0.3 is 15.8 Å². The number of rotatable bonds is 6. The molecule has 0 spiro atoms. The van der Waals surface area contributed by atoms with Crippen molar-refractivity contribution in [2.75, 3.05) is 11.1 Å². The Balaban J connectivity index is 1.97. The van der Waals surface area contributed by atoms with Crippen LogP contribution in [0.3, 0.4) is 0 Å². The van der Waals surface area contributed by atoms with Gasteiger partial charge in [0, 0.05) is 5.69 Å². The molecule has 0 saturated carbocycles. The first-order chi connectivity index (χ1) is 10.8. The molecule has 23 heavy (non-hydrogen) atoms. The minimum Gasteiger partial charge on any atom is -0.433 e. The number of nitrogens with two attached hydrogens (primary N) is 1. The molecule has 124 valence electrons. The summed E-state index contributed by atoms with van der Waals surface area (Å²) in [6.07, 6.45) is 0. The number of nitrogens with one attached hydrogen (secondary N) is 2. The molecular formula is C12H12ClF2N5O2S. The van der Waals surface area contributed by atoms with Crippen LogP contribution in [-0.2, 0) is 4.79 Å². The predicted octanol–water partition coefficient (Wildman–Crippen LogP) is 2.76. The van der Waals surface area contributed by atoms with Gasteiger partial charge in [0.25, 0.3) is 0 Å².